The Labute approximate surface area is 203 Å². The van der Waals surface area contributed by atoms with Crippen molar-refractivity contribution in [3.63, 3.8) is 0 Å². The maximum absolute atomic E-state index is 12.7. The molecule has 1 aliphatic carbocycles. The molecule has 0 saturated carbocycles. The SMILES string of the molecule is N#CCCCCC(NC(=O)OCC1c2ccccc2-c2ccccc21)C(=O)N[C@@H](CCO)C(=O)O. The summed E-state index contributed by atoms with van der Waals surface area (Å²) in [5.41, 5.74) is 4.30. The van der Waals surface area contributed by atoms with Gasteiger partial charge in [0.05, 0.1) is 6.07 Å². The van der Waals surface area contributed by atoms with E-state index in [1.54, 1.807) is 0 Å². The Morgan fingerprint density at radius 2 is 1.57 bits per heavy atom. The van der Waals surface area contributed by atoms with Crippen LogP contribution in [0.4, 0.5) is 4.79 Å². The molecule has 2 aromatic rings. The number of hydrogen-bond donors (Lipinski definition) is 4. The highest BCUT2D eigenvalue weighted by Gasteiger charge is 2.30. The van der Waals surface area contributed by atoms with Crippen LogP contribution in [-0.2, 0) is 14.3 Å². The van der Waals surface area contributed by atoms with Crippen LogP contribution < -0.4 is 10.6 Å². The molecule has 0 aliphatic heterocycles. The first-order chi connectivity index (χ1) is 17.0. The van der Waals surface area contributed by atoms with E-state index in [2.05, 4.69) is 10.6 Å². The number of aliphatic hydroxyl groups is 1. The summed E-state index contributed by atoms with van der Waals surface area (Å²) < 4.78 is 5.51. The smallest absolute Gasteiger partial charge is 0.407 e. The van der Waals surface area contributed by atoms with Gasteiger partial charge < -0.3 is 25.6 Å². The first kappa shape index (κ1) is 25.7. The molecule has 0 radical (unpaired) electrons. The summed E-state index contributed by atoms with van der Waals surface area (Å²) in [6.07, 6.45) is 0.581. The van der Waals surface area contributed by atoms with E-state index in [9.17, 15) is 19.5 Å². The second-order valence-corrected chi connectivity index (χ2v) is 8.34. The van der Waals surface area contributed by atoms with Gasteiger partial charge in [0.1, 0.15) is 18.7 Å². The highest BCUT2D eigenvalue weighted by Crippen LogP contribution is 2.44. The number of aliphatic hydroxyl groups excluding tert-OH is 1. The third-order valence-corrected chi connectivity index (χ3v) is 6.02. The number of carbonyl (C=O) groups excluding carboxylic acids is 2. The maximum atomic E-state index is 12.7. The summed E-state index contributed by atoms with van der Waals surface area (Å²) in [5.74, 6) is -2.11. The number of unbranched alkanes of at least 4 members (excludes halogenated alkanes) is 2. The van der Waals surface area contributed by atoms with E-state index in [1.165, 1.54) is 0 Å². The van der Waals surface area contributed by atoms with E-state index in [-0.39, 0.29) is 25.4 Å². The molecule has 0 aromatic heterocycles. The Balaban J connectivity index is 1.65. The van der Waals surface area contributed by atoms with Crippen LogP contribution in [-0.4, -0.2) is 53.5 Å². The summed E-state index contributed by atoms with van der Waals surface area (Å²) in [6, 6.07) is 15.6. The van der Waals surface area contributed by atoms with Gasteiger partial charge in [-0.1, -0.05) is 48.5 Å². The van der Waals surface area contributed by atoms with Crippen LogP contribution in [0.1, 0.15) is 49.1 Å². The molecule has 35 heavy (non-hydrogen) atoms. The minimum Gasteiger partial charge on any atom is -0.480 e. The van der Waals surface area contributed by atoms with Crippen molar-refractivity contribution in [1.82, 2.24) is 10.6 Å². The number of nitrogens with zero attached hydrogens (tertiary/aromatic N) is 1. The van der Waals surface area contributed by atoms with Crippen LogP contribution in [0.5, 0.6) is 0 Å². The predicted octanol–water partition coefficient (Wildman–Crippen LogP) is 2.93. The molecule has 9 heteroatoms. The standard InChI is InChI=1S/C26H29N3O6/c27-14-7-1-2-12-22(24(31)28-23(13-15-30)25(32)33)29-26(34)35-16-21-19-10-5-3-8-17(19)18-9-4-6-11-20(18)21/h3-6,8-11,21-23,30H,1-2,7,12-13,15-16H2,(H,28,31)(H,29,34)(H,32,33)/t22?,23-/m0/s1. The van der Waals surface area contributed by atoms with Gasteiger partial charge in [0, 0.05) is 25.4 Å². The van der Waals surface area contributed by atoms with Gasteiger partial charge in [0.15, 0.2) is 0 Å². The second-order valence-electron chi connectivity index (χ2n) is 8.34. The van der Waals surface area contributed by atoms with Crippen LogP contribution in [0.15, 0.2) is 48.5 Å². The highest BCUT2D eigenvalue weighted by atomic mass is 16.5. The number of aliphatic carboxylic acids is 1. The van der Waals surface area contributed by atoms with Crippen LogP contribution in [0.25, 0.3) is 11.1 Å². The average Bonchev–Trinajstić information content (AvgIpc) is 3.18. The summed E-state index contributed by atoms with van der Waals surface area (Å²) in [6.45, 7) is -0.339. The minimum atomic E-state index is -1.28. The van der Waals surface area contributed by atoms with E-state index in [1.807, 2.05) is 54.6 Å². The number of fused-ring (bicyclic) bond motifs is 3. The van der Waals surface area contributed by atoms with Crippen LogP contribution in [0, 0.1) is 11.3 Å². The normalized spacial score (nSPS) is 13.6. The molecule has 9 nitrogen and oxygen atoms in total. The Bertz CT molecular complexity index is 1050. The van der Waals surface area contributed by atoms with E-state index >= 15 is 0 Å². The quantitative estimate of drug-likeness (QED) is 0.342. The highest BCUT2D eigenvalue weighted by molar-refractivity contribution is 5.89. The zero-order chi connectivity index (χ0) is 25.2. The first-order valence-corrected chi connectivity index (χ1v) is 11.6. The number of nitriles is 1. The summed E-state index contributed by atoms with van der Waals surface area (Å²) >= 11 is 0. The molecule has 4 N–H and O–H groups in total. The lowest BCUT2D eigenvalue weighted by molar-refractivity contribution is -0.142. The molecular formula is C26H29N3O6. The molecule has 0 bridgehead atoms. The van der Waals surface area contributed by atoms with Crippen LogP contribution in [0.2, 0.25) is 0 Å². The number of hydrogen-bond acceptors (Lipinski definition) is 6. The van der Waals surface area contributed by atoms with Gasteiger partial charge in [-0.2, -0.15) is 5.26 Å². The van der Waals surface area contributed by atoms with Gasteiger partial charge in [-0.15, -0.1) is 0 Å². The molecule has 2 atom stereocenters. The average molecular weight is 480 g/mol. The fourth-order valence-electron chi connectivity index (χ4n) is 4.26. The molecule has 0 saturated heterocycles. The molecule has 1 unspecified atom stereocenters. The fraction of sp³-hybridized carbons (Fsp3) is 0.385. The lowest BCUT2D eigenvalue weighted by atomic mass is 9.98. The lowest BCUT2D eigenvalue weighted by Crippen LogP contribution is -2.52. The second kappa shape index (κ2) is 12.5. The van der Waals surface area contributed by atoms with Gasteiger partial charge >= 0.3 is 12.1 Å². The Hall–Kier alpha value is -3.90. The number of alkyl carbamates (subject to hydrolysis) is 1. The Morgan fingerprint density at radius 3 is 2.14 bits per heavy atom. The van der Waals surface area contributed by atoms with Gasteiger partial charge in [-0.25, -0.2) is 9.59 Å². The van der Waals surface area contributed by atoms with Crippen molar-refractivity contribution in [2.24, 2.45) is 0 Å². The molecule has 3 rings (SSSR count). The molecule has 0 fully saturated rings. The predicted molar refractivity (Wildman–Crippen MR) is 127 cm³/mol. The summed E-state index contributed by atoms with van der Waals surface area (Å²) in [5, 5.41) is 31.9. The number of carboxylic acids is 1. The Kier molecular flexibility index (Phi) is 9.21. The third kappa shape index (κ3) is 6.58. The lowest BCUT2D eigenvalue weighted by Gasteiger charge is -2.21. The van der Waals surface area contributed by atoms with Gasteiger partial charge in [-0.3, -0.25) is 4.79 Å². The molecule has 2 aromatic carbocycles. The zero-order valence-electron chi connectivity index (χ0n) is 19.3. The van der Waals surface area contributed by atoms with E-state index < -0.39 is 36.7 Å². The van der Waals surface area contributed by atoms with Crippen molar-refractivity contribution in [1.29, 1.82) is 5.26 Å². The number of amides is 2. The number of ether oxygens (including phenoxy) is 1. The van der Waals surface area contributed by atoms with E-state index in [0.29, 0.717) is 19.3 Å². The van der Waals surface area contributed by atoms with Crippen LogP contribution in [0.3, 0.4) is 0 Å². The number of carbonyl (C=O) groups is 3. The van der Waals surface area contributed by atoms with Gasteiger partial charge in [0.25, 0.3) is 0 Å². The third-order valence-electron chi connectivity index (χ3n) is 6.02. The molecule has 184 valence electrons. The largest absolute Gasteiger partial charge is 0.480 e. The van der Waals surface area contributed by atoms with Gasteiger partial charge in [0.2, 0.25) is 5.91 Å². The van der Waals surface area contributed by atoms with Crippen LogP contribution >= 0.6 is 0 Å². The molecule has 0 heterocycles. The minimum absolute atomic E-state index is 0.0743. The van der Waals surface area contributed by atoms with Crippen molar-refractivity contribution in [3.8, 4) is 17.2 Å². The number of carboxylic acid groups (broad SMARTS) is 1. The first-order valence-electron chi connectivity index (χ1n) is 11.6. The molecular weight excluding hydrogens is 450 g/mol. The fourth-order valence-corrected chi connectivity index (χ4v) is 4.26. The number of nitrogens with one attached hydrogen (secondary N) is 2. The Morgan fingerprint density at radius 1 is 0.943 bits per heavy atom. The maximum Gasteiger partial charge on any atom is 0.407 e. The summed E-state index contributed by atoms with van der Waals surface area (Å²) in [7, 11) is 0. The van der Waals surface area contributed by atoms with Crippen molar-refractivity contribution < 1.29 is 29.3 Å². The number of rotatable bonds is 12. The van der Waals surface area contributed by atoms with Crippen molar-refractivity contribution in [2.75, 3.05) is 13.2 Å². The van der Waals surface area contributed by atoms with E-state index in [0.717, 1.165) is 22.3 Å². The van der Waals surface area contributed by atoms with Crippen molar-refractivity contribution in [3.05, 3.63) is 59.7 Å². The molecule has 1 aliphatic rings. The molecule has 0 spiro atoms. The van der Waals surface area contributed by atoms with Gasteiger partial charge in [-0.05, 0) is 41.5 Å². The topological polar surface area (TPSA) is 149 Å². The van der Waals surface area contributed by atoms with Crippen molar-refractivity contribution >= 4 is 18.0 Å². The van der Waals surface area contributed by atoms with Crippen molar-refractivity contribution in [2.45, 2.75) is 50.1 Å². The monoisotopic (exact) mass is 479 g/mol. The summed E-state index contributed by atoms with van der Waals surface area (Å²) in [4.78, 5) is 36.7. The van der Waals surface area contributed by atoms with E-state index in [4.69, 9.17) is 15.1 Å². The molecule has 2 amide bonds. The number of benzene rings is 2. The zero-order valence-corrected chi connectivity index (χ0v) is 19.3.